The lowest BCUT2D eigenvalue weighted by Gasteiger charge is -2.19. The summed E-state index contributed by atoms with van der Waals surface area (Å²) in [5.41, 5.74) is 3.12. The Labute approximate surface area is 118 Å². The third-order valence-corrected chi connectivity index (χ3v) is 2.18. The van der Waals surface area contributed by atoms with Gasteiger partial charge in [0.05, 0.1) is 13.5 Å². The van der Waals surface area contributed by atoms with Gasteiger partial charge in [0.15, 0.2) is 0 Å². The molecule has 0 unspecified atom stereocenters. The minimum atomic E-state index is -0.539. The Bertz CT molecular complexity index is 463. The molecule has 0 aliphatic heterocycles. The van der Waals surface area contributed by atoms with Crippen LogP contribution in [0.15, 0.2) is 24.3 Å². The number of carbonyl (C=O) groups excluding carboxylic acids is 2. The van der Waals surface area contributed by atoms with Crippen LogP contribution in [0, 0.1) is 0 Å². The molecule has 0 saturated carbocycles. The summed E-state index contributed by atoms with van der Waals surface area (Å²) in [5, 5.41) is 2.62. The number of hydrogen-bond donors (Lipinski definition) is 2. The highest BCUT2D eigenvalue weighted by Gasteiger charge is 2.16. The highest BCUT2D eigenvalue weighted by atomic mass is 16.6. The number of hydroxylamine groups is 1. The Hall–Kier alpha value is -2.08. The van der Waals surface area contributed by atoms with Crippen LogP contribution in [0.5, 0.6) is 0 Å². The Morgan fingerprint density at radius 2 is 1.75 bits per heavy atom. The van der Waals surface area contributed by atoms with Gasteiger partial charge in [0.25, 0.3) is 0 Å². The Balaban J connectivity index is 2.54. The smallest absolute Gasteiger partial charge is 0.412 e. The summed E-state index contributed by atoms with van der Waals surface area (Å²) in [6, 6.07) is 6.92. The Kier molecular flexibility index (Phi) is 5.52. The molecule has 0 heterocycles. The predicted octanol–water partition coefficient (Wildman–Crippen LogP) is 2.25. The number of hydrogen-bond acceptors (Lipinski definition) is 4. The summed E-state index contributed by atoms with van der Waals surface area (Å²) < 4.78 is 5.14. The van der Waals surface area contributed by atoms with Gasteiger partial charge in [0, 0.05) is 5.69 Å². The number of ether oxygens (including phenoxy) is 1. The number of amides is 2. The van der Waals surface area contributed by atoms with Gasteiger partial charge in [-0.2, -0.15) is 0 Å². The molecular weight excluding hydrogens is 260 g/mol. The van der Waals surface area contributed by atoms with Gasteiger partial charge in [-0.1, -0.05) is 12.1 Å². The van der Waals surface area contributed by atoms with E-state index in [9.17, 15) is 9.59 Å². The maximum atomic E-state index is 11.6. The molecule has 0 aliphatic rings. The SMILES string of the molecule is CONC(=O)Cc1ccc(NC(=O)OC(C)(C)C)cc1. The van der Waals surface area contributed by atoms with Crippen LogP contribution in [0.4, 0.5) is 10.5 Å². The van der Waals surface area contributed by atoms with Gasteiger partial charge in [-0.15, -0.1) is 0 Å². The largest absolute Gasteiger partial charge is 0.444 e. The molecule has 2 amide bonds. The van der Waals surface area contributed by atoms with Crippen molar-refractivity contribution in [3.8, 4) is 0 Å². The van der Waals surface area contributed by atoms with Crippen LogP contribution in [-0.2, 0) is 20.8 Å². The van der Waals surface area contributed by atoms with E-state index in [0.717, 1.165) is 5.56 Å². The quantitative estimate of drug-likeness (QED) is 0.829. The average Bonchev–Trinajstić information content (AvgIpc) is 2.29. The van der Waals surface area contributed by atoms with Crippen molar-refractivity contribution < 1.29 is 19.2 Å². The van der Waals surface area contributed by atoms with E-state index in [4.69, 9.17) is 4.74 Å². The molecule has 2 N–H and O–H groups in total. The molecule has 20 heavy (non-hydrogen) atoms. The zero-order chi connectivity index (χ0) is 15.2. The summed E-state index contributed by atoms with van der Waals surface area (Å²) in [6.45, 7) is 5.39. The van der Waals surface area contributed by atoms with Crippen LogP contribution < -0.4 is 10.8 Å². The van der Waals surface area contributed by atoms with Crippen molar-refractivity contribution in [3.05, 3.63) is 29.8 Å². The van der Waals surface area contributed by atoms with E-state index in [0.29, 0.717) is 5.69 Å². The van der Waals surface area contributed by atoms with Crippen LogP contribution in [-0.4, -0.2) is 24.7 Å². The van der Waals surface area contributed by atoms with E-state index in [1.165, 1.54) is 7.11 Å². The molecular formula is C14H20N2O4. The number of anilines is 1. The Morgan fingerprint density at radius 1 is 1.15 bits per heavy atom. The minimum absolute atomic E-state index is 0.209. The topological polar surface area (TPSA) is 76.7 Å². The van der Waals surface area contributed by atoms with Gasteiger partial charge >= 0.3 is 6.09 Å². The fourth-order valence-electron chi connectivity index (χ4n) is 1.46. The molecule has 0 atom stereocenters. The number of nitrogens with one attached hydrogen (secondary N) is 2. The summed E-state index contributed by atoms with van der Waals surface area (Å²) in [5.74, 6) is -0.236. The second-order valence-electron chi connectivity index (χ2n) is 5.23. The fraction of sp³-hybridized carbons (Fsp3) is 0.429. The van der Waals surface area contributed by atoms with Crippen LogP contribution in [0.1, 0.15) is 26.3 Å². The van der Waals surface area contributed by atoms with Gasteiger partial charge in [0.2, 0.25) is 5.91 Å². The third kappa shape index (κ3) is 6.19. The van der Waals surface area contributed by atoms with E-state index in [1.54, 1.807) is 45.0 Å². The maximum Gasteiger partial charge on any atom is 0.412 e. The first-order chi connectivity index (χ1) is 9.30. The van der Waals surface area contributed by atoms with Crippen LogP contribution in [0.3, 0.4) is 0 Å². The van der Waals surface area contributed by atoms with Crippen molar-refractivity contribution in [2.75, 3.05) is 12.4 Å². The number of benzene rings is 1. The standard InChI is InChI=1S/C14H20N2O4/c1-14(2,3)20-13(18)15-11-7-5-10(6-8-11)9-12(17)16-19-4/h5-8H,9H2,1-4H3,(H,15,18)(H,16,17). The fourth-order valence-corrected chi connectivity index (χ4v) is 1.46. The van der Waals surface area contributed by atoms with Crippen molar-refractivity contribution in [1.29, 1.82) is 0 Å². The molecule has 110 valence electrons. The summed E-state index contributed by atoms with van der Waals surface area (Å²) >= 11 is 0. The van der Waals surface area contributed by atoms with Gasteiger partial charge in [-0.3, -0.25) is 14.9 Å². The van der Waals surface area contributed by atoms with Crippen molar-refractivity contribution in [2.24, 2.45) is 0 Å². The van der Waals surface area contributed by atoms with Gasteiger partial charge in [-0.05, 0) is 38.5 Å². The number of rotatable bonds is 4. The van der Waals surface area contributed by atoms with Crippen molar-refractivity contribution in [1.82, 2.24) is 5.48 Å². The molecule has 0 aromatic heterocycles. The second kappa shape index (κ2) is 6.91. The van der Waals surface area contributed by atoms with E-state index in [1.807, 2.05) is 0 Å². The zero-order valence-electron chi connectivity index (χ0n) is 12.1. The minimum Gasteiger partial charge on any atom is -0.444 e. The van der Waals surface area contributed by atoms with E-state index < -0.39 is 11.7 Å². The molecule has 1 rings (SSSR count). The Morgan fingerprint density at radius 3 is 2.25 bits per heavy atom. The first-order valence-corrected chi connectivity index (χ1v) is 6.21. The zero-order valence-corrected chi connectivity index (χ0v) is 12.1. The van der Waals surface area contributed by atoms with Crippen molar-refractivity contribution in [3.63, 3.8) is 0 Å². The lowest BCUT2D eigenvalue weighted by atomic mass is 10.1. The first-order valence-electron chi connectivity index (χ1n) is 6.21. The van der Waals surface area contributed by atoms with Gasteiger partial charge in [0.1, 0.15) is 5.60 Å². The average molecular weight is 280 g/mol. The van der Waals surface area contributed by atoms with Crippen LogP contribution in [0.2, 0.25) is 0 Å². The molecule has 0 bridgehead atoms. The van der Waals surface area contributed by atoms with E-state index in [-0.39, 0.29) is 12.3 Å². The first kappa shape index (κ1) is 16.0. The lowest BCUT2D eigenvalue weighted by molar-refractivity contribution is -0.130. The molecule has 0 saturated heterocycles. The molecule has 1 aromatic carbocycles. The van der Waals surface area contributed by atoms with Crippen LogP contribution in [0.25, 0.3) is 0 Å². The summed E-state index contributed by atoms with van der Waals surface area (Å²) in [6.07, 6.45) is -0.303. The molecule has 0 spiro atoms. The van der Waals surface area contributed by atoms with Crippen molar-refractivity contribution >= 4 is 17.7 Å². The monoisotopic (exact) mass is 280 g/mol. The van der Waals surface area contributed by atoms with Gasteiger partial charge in [-0.25, -0.2) is 10.3 Å². The van der Waals surface area contributed by atoms with Gasteiger partial charge < -0.3 is 4.74 Å². The maximum absolute atomic E-state index is 11.6. The highest BCUT2D eigenvalue weighted by Crippen LogP contribution is 2.13. The molecule has 6 nitrogen and oxygen atoms in total. The lowest BCUT2D eigenvalue weighted by Crippen LogP contribution is -2.27. The van der Waals surface area contributed by atoms with Crippen molar-refractivity contribution in [2.45, 2.75) is 32.8 Å². The van der Waals surface area contributed by atoms with E-state index in [2.05, 4.69) is 15.6 Å². The van der Waals surface area contributed by atoms with Crippen LogP contribution >= 0.6 is 0 Å². The molecule has 0 fully saturated rings. The summed E-state index contributed by atoms with van der Waals surface area (Å²) in [4.78, 5) is 27.4. The number of carbonyl (C=O) groups is 2. The second-order valence-corrected chi connectivity index (χ2v) is 5.23. The highest BCUT2D eigenvalue weighted by molar-refractivity contribution is 5.85. The molecule has 0 aliphatic carbocycles. The normalized spacial score (nSPS) is 10.8. The summed E-state index contributed by atoms with van der Waals surface area (Å²) in [7, 11) is 1.38. The molecule has 6 heteroatoms. The molecule has 1 aromatic rings. The third-order valence-electron chi connectivity index (χ3n) is 2.18. The predicted molar refractivity (Wildman–Crippen MR) is 75.2 cm³/mol. The van der Waals surface area contributed by atoms with E-state index >= 15 is 0 Å². The molecule has 0 radical (unpaired) electrons.